The van der Waals surface area contributed by atoms with Crippen LogP contribution in [0.4, 0.5) is 0 Å². The van der Waals surface area contributed by atoms with Crippen molar-refractivity contribution in [3.63, 3.8) is 0 Å². The van der Waals surface area contributed by atoms with Crippen LogP contribution in [-0.4, -0.2) is 46.5 Å². The molecule has 1 fully saturated rings. The zero-order chi connectivity index (χ0) is 18.1. The number of fused-ring (bicyclic) bond motifs is 1. The number of ether oxygens (including phenoxy) is 1. The van der Waals surface area contributed by atoms with Crippen molar-refractivity contribution in [2.45, 2.75) is 25.5 Å². The van der Waals surface area contributed by atoms with Crippen molar-refractivity contribution in [2.24, 2.45) is 5.92 Å². The van der Waals surface area contributed by atoms with Gasteiger partial charge in [-0.2, -0.15) is 0 Å². The molecular formula is C17H17N2NaO6. The number of carbonyl (C=O) groups is 3. The van der Waals surface area contributed by atoms with Crippen molar-refractivity contribution in [3.05, 3.63) is 41.7 Å². The van der Waals surface area contributed by atoms with Crippen LogP contribution in [0.15, 0.2) is 41.7 Å². The summed E-state index contributed by atoms with van der Waals surface area (Å²) in [6.45, 7) is 1.18. The van der Waals surface area contributed by atoms with Crippen LogP contribution >= 0.6 is 0 Å². The minimum atomic E-state index is -1.54. The van der Waals surface area contributed by atoms with E-state index in [0.29, 0.717) is 5.75 Å². The van der Waals surface area contributed by atoms with Crippen molar-refractivity contribution in [2.75, 3.05) is 6.61 Å². The van der Waals surface area contributed by atoms with E-state index in [1.54, 1.807) is 24.3 Å². The molecule has 2 heterocycles. The molecule has 1 aromatic rings. The molecule has 0 aromatic heterocycles. The molecule has 0 saturated carbocycles. The van der Waals surface area contributed by atoms with Crippen LogP contribution in [0, 0.1) is 5.92 Å². The largest absolute Gasteiger partial charge is 1.00 e. The van der Waals surface area contributed by atoms with E-state index in [1.807, 2.05) is 6.07 Å². The molecule has 0 unspecified atom stereocenters. The maximum atomic E-state index is 12.0. The first-order valence-corrected chi connectivity index (χ1v) is 7.83. The number of β-lactam (4-membered cyclic amide) rings is 1. The van der Waals surface area contributed by atoms with Gasteiger partial charge in [-0.25, -0.2) is 0 Å². The van der Waals surface area contributed by atoms with E-state index in [1.165, 1.54) is 6.92 Å². The molecule has 2 N–H and O–H groups in total. The normalized spacial score (nSPS) is 22.1. The van der Waals surface area contributed by atoms with Gasteiger partial charge < -0.3 is 30.0 Å². The predicted molar refractivity (Wildman–Crippen MR) is 82.5 cm³/mol. The van der Waals surface area contributed by atoms with E-state index in [-0.39, 0.29) is 54.0 Å². The number of benzene rings is 1. The first kappa shape index (κ1) is 20.4. The molecule has 2 aliphatic rings. The maximum Gasteiger partial charge on any atom is 1.00 e. The number of carbonyl (C=O) groups excluding carboxylic acids is 3. The number of aliphatic hydroxyl groups is 1. The summed E-state index contributed by atoms with van der Waals surface area (Å²) in [4.78, 5) is 36.5. The van der Waals surface area contributed by atoms with Crippen molar-refractivity contribution in [1.29, 1.82) is 0 Å². The van der Waals surface area contributed by atoms with E-state index in [2.05, 4.69) is 5.32 Å². The Hall–Kier alpha value is -1.87. The number of amides is 2. The number of hydrogen-bond acceptors (Lipinski definition) is 6. The van der Waals surface area contributed by atoms with Crippen molar-refractivity contribution in [3.8, 4) is 5.75 Å². The van der Waals surface area contributed by atoms with Crippen LogP contribution in [0.2, 0.25) is 0 Å². The molecule has 8 nitrogen and oxygen atoms in total. The summed E-state index contributed by atoms with van der Waals surface area (Å²) in [6, 6.07) is 8.22. The van der Waals surface area contributed by atoms with Crippen LogP contribution in [-0.2, 0) is 14.4 Å². The third-order valence-corrected chi connectivity index (χ3v) is 4.33. The van der Waals surface area contributed by atoms with Gasteiger partial charge in [0.2, 0.25) is 5.91 Å². The Labute approximate surface area is 172 Å². The Morgan fingerprint density at radius 2 is 2.04 bits per heavy atom. The van der Waals surface area contributed by atoms with Crippen LogP contribution < -0.4 is 44.7 Å². The summed E-state index contributed by atoms with van der Waals surface area (Å²) >= 11 is 0. The summed E-state index contributed by atoms with van der Waals surface area (Å²) in [5.41, 5.74) is -0.247. The number of carboxylic acids is 1. The molecule has 1 saturated heterocycles. The number of aliphatic carboxylic acids is 1. The number of hydrogen-bond donors (Lipinski definition) is 2. The molecule has 3 atom stereocenters. The fourth-order valence-corrected chi connectivity index (χ4v) is 3.24. The molecular weight excluding hydrogens is 351 g/mol. The fraction of sp³-hybridized carbons (Fsp3) is 0.353. The average Bonchev–Trinajstić information content (AvgIpc) is 2.88. The molecule has 0 radical (unpaired) electrons. The topological polar surface area (TPSA) is 119 Å². The molecule has 2 amide bonds. The zero-order valence-electron chi connectivity index (χ0n) is 14.5. The fourth-order valence-electron chi connectivity index (χ4n) is 3.24. The number of aliphatic hydroxyl groups excluding tert-OH is 1. The van der Waals surface area contributed by atoms with E-state index < -0.39 is 35.8 Å². The van der Waals surface area contributed by atoms with Gasteiger partial charge in [0.15, 0.2) is 6.61 Å². The number of rotatable bonds is 6. The third-order valence-electron chi connectivity index (χ3n) is 4.33. The summed E-state index contributed by atoms with van der Waals surface area (Å²) in [5, 5.41) is 23.5. The first-order chi connectivity index (χ1) is 11.9. The number of nitrogens with one attached hydrogen (secondary N) is 1. The van der Waals surface area contributed by atoms with Gasteiger partial charge in [0.05, 0.1) is 29.7 Å². The van der Waals surface area contributed by atoms with Gasteiger partial charge in [0.25, 0.3) is 5.91 Å². The SMILES string of the molecule is C[C@H](O)[C@@H]1C(=O)N2C(C(=O)[O-])=C(NC(=O)COc3ccccc3)C[C@H]12.[Na+]. The molecule has 9 heteroatoms. The molecule has 0 bridgehead atoms. The van der Waals surface area contributed by atoms with Crippen LogP contribution in [0.1, 0.15) is 13.3 Å². The number of carboxylic acid groups (broad SMARTS) is 1. The second-order valence-corrected chi connectivity index (χ2v) is 6.01. The Kier molecular flexibility index (Phi) is 6.46. The van der Waals surface area contributed by atoms with E-state index >= 15 is 0 Å². The minimum Gasteiger partial charge on any atom is -0.543 e. The Balaban J connectivity index is 0.00000243. The summed E-state index contributed by atoms with van der Waals surface area (Å²) < 4.78 is 5.31. The van der Waals surface area contributed by atoms with Crippen molar-refractivity contribution < 1.29 is 58.9 Å². The van der Waals surface area contributed by atoms with Crippen LogP contribution in [0.5, 0.6) is 5.75 Å². The molecule has 0 spiro atoms. The Morgan fingerprint density at radius 1 is 1.38 bits per heavy atom. The molecule has 132 valence electrons. The first-order valence-electron chi connectivity index (χ1n) is 7.83. The minimum absolute atomic E-state index is 0. The average molecular weight is 368 g/mol. The summed E-state index contributed by atoms with van der Waals surface area (Å²) in [7, 11) is 0. The van der Waals surface area contributed by atoms with Crippen molar-refractivity contribution in [1.82, 2.24) is 10.2 Å². The Bertz CT molecular complexity index is 749. The van der Waals surface area contributed by atoms with E-state index in [0.717, 1.165) is 4.90 Å². The summed E-state index contributed by atoms with van der Waals surface area (Å²) in [5.74, 6) is -2.74. The standard InChI is InChI=1S/C17H18N2O6.Na/c1-9(20)14-12-7-11(15(17(23)24)19(12)16(14)22)18-13(21)8-25-10-5-3-2-4-6-10;/h2-6,9,12,14,20H,7-8H2,1H3,(H,18,21)(H,23,24);/q;+1/p-1/t9-,12+,14-;/m0./s1. The van der Waals surface area contributed by atoms with Crippen molar-refractivity contribution >= 4 is 17.8 Å². The van der Waals surface area contributed by atoms with Crippen LogP contribution in [0.25, 0.3) is 0 Å². The molecule has 26 heavy (non-hydrogen) atoms. The third kappa shape index (κ3) is 3.78. The van der Waals surface area contributed by atoms with Gasteiger partial charge >= 0.3 is 29.6 Å². The predicted octanol–water partition coefficient (Wildman–Crippen LogP) is -4.24. The van der Waals surface area contributed by atoms with Gasteiger partial charge in [-0.3, -0.25) is 9.59 Å². The monoisotopic (exact) mass is 368 g/mol. The quantitative estimate of drug-likeness (QED) is 0.388. The molecule has 1 aromatic carbocycles. The van der Waals surface area contributed by atoms with Gasteiger partial charge in [0, 0.05) is 12.1 Å². The van der Waals surface area contributed by atoms with Gasteiger partial charge in [-0.05, 0) is 19.1 Å². The van der Waals surface area contributed by atoms with E-state index in [9.17, 15) is 24.6 Å². The smallest absolute Gasteiger partial charge is 0.543 e. The second kappa shape index (κ2) is 8.22. The Morgan fingerprint density at radius 3 is 2.62 bits per heavy atom. The summed E-state index contributed by atoms with van der Waals surface area (Å²) in [6.07, 6.45) is -0.755. The molecule has 0 aliphatic carbocycles. The van der Waals surface area contributed by atoms with Gasteiger partial charge in [-0.15, -0.1) is 0 Å². The number of nitrogens with zero attached hydrogens (tertiary/aromatic N) is 1. The molecule has 2 aliphatic heterocycles. The van der Waals surface area contributed by atoms with Gasteiger partial charge in [0.1, 0.15) is 5.75 Å². The second-order valence-electron chi connectivity index (χ2n) is 6.01. The van der Waals surface area contributed by atoms with E-state index in [4.69, 9.17) is 4.74 Å². The zero-order valence-corrected chi connectivity index (χ0v) is 16.5. The van der Waals surface area contributed by atoms with Crippen LogP contribution in [0.3, 0.4) is 0 Å². The van der Waals surface area contributed by atoms with Gasteiger partial charge in [-0.1, -0.05) is 18.2 Å². The molecule has 3 rings (SSSR count). The maximum absolute atomic E-state index is 12.0. The number of para-hydroxylation sites is 1.